The number of rotatable bonds is 4. The normalized spacial score (nSPS) is 11.2. The molecule has 0 aliphatic carbocycles. The second-order valence-corrected chi connectivity index (χ2v) is 2.95. The van der Waals surface area contributed by atoms with Crippen LogP contribution in [0.4, 0.5) is 0 Å². The van der Waals surface area contributed by atoms with Crippen LogP contribution >= 0.6 is 0 Å². The van der Waals surface area contributed by atoms with Gasteiger partial charge in [-0.15, -0.1) is 0 Å². The van der Waals surface area contributed by atoms with Crippen molar-refractivity contribution in [1.29, 1.82) is 0 Å². The van der Waals surface area contributed by atoms with Crippen molar-refractivity contribution in [1.82, 2.24) is 9.78 Å². The van der Waals surface area contributed by atoms with Crippen LogP contribution < -0.4 is 0 Å². The van der Waals surface area contributed by atoms with Gasteiger partial charge in [0, 0.05) is 19.3 Å². The molecule has 1 N–H and O–H groups in total. The van der Waals surface area contributed by atoms with Crippen LogP contribution in [-0.4, -0.2) is 33.2 Å². The number of hydrogen-bond donors (Lipinski definition) is 1. The van der Waals surface area contributed by atoms with Gasteiger partial charge in [-0.05, 0) is 13.0 Å². The molecule has 0 aliphatic heterocycles. The Hall–Kier alpha value is -2.11. The Morgan fingerprint density at radius 1 is 1.62 bits per heavy atom. The van der Waals surface area contributed by atoms with Gasteiger partial charge in [0.1, 0.15) is 11.5 Å². The zero-order valence-corrected chi connectivity index (χ0v) is 9.01. The van der Waals surface area contributed by atoms with E-state index in [1.165, 1.54) is 16.9 Å². The molecular weight excluding hydrogens is 212 g/mol. The number of esters is 1. The van der Waals surface area contributed by atoms with Gasteiger partial charge >= 0.3 is 5.97 Å². The van der Waals surface area contributed by atoms with E-state index in [-0.39, 0.29) is 12.4 Å². The van der Waals surface area contributed by atoms with Gasteiger partial charge in [-0.1, -0.05) is 0 Å². The Labute approximate surface area is 92.1 Å². The van der Waals surface area contributed by atoms with E-state index in [1.54, 1.807) is 14.0 Å². The first-order valence-electron chi connectivity index (χ1n) is 4.66. The Bertz CT molecular complexity index is 434. The van der Waals surface area contributed by atoms with Crippen LogP contribution in [0, 0.1) is 0 Å². The quantitative estimate of drug-likeness (QED) is 0.347. The maximum Gasteiger partial charge on any atom is 0.379 e. The molecule has 1 aromatic heterocycles. The Kier molecular flexibility index (Phi) is 3.82. The molecule has 0 atom stereocenters. The number of aliphatic hydroxyl groups is 1. The summed E-state index contributed by atoms with van der Waals surface area (Å²) in [6.45, 7) is 1.71. The summed E-state index contributed by atoms with van der Waals surface area (Å²) in [6.07, 6.45) is 2.28. The SMILES string of the molecule is CCOC(=O)C(=O)C=C(O)c1ccnn1C. The van der Waals surface area contributed by atoms with Crippen molar-refractivity contribution in [3.63, 3.8) is 0 Å². The Balaban J connectivity index is 2.82. The summed E-state index contributed by atoms with van der Waals surface area (Å²) in [5, 5.41) is 13.4. The van der Waals surface area contributed by atoms with Gasteiger partial charge < -0.3 is 9.84 Å². The van der Waals surface area contributed by atoms with E-state index in [0.29, 0.717) is 5.69 Å². The highest BCUT2D eigenvalue weighted by atomic mass is 16.5. The monoisotopic (exact) mass is 224 g/mol. The Morgan fingerprint density at radius 3 is 2.81 bits per heavy atom. The molecule has 0 bridgehead atoms. The van der Waals surface area contributed by atoms with Crippen molar-refractivity contribution < 1.29 is 19.4 Å². The fraction of sp³-hybridized carbons (Fsp3) is 0.300. The fourth-order valence-electron chi connectivity index (χ4n) is 1.08. The summed E-state index contributed by atoms with van der Waals surface area (Å²) < 4.78 is 5.86. The average molecular weight is 224 g/mol. The van der Waals surface area contributed by atoms with Gasteiger partial charge in [0.05, 0.1) is 6.61 Å². The second-order valence-electron chi connectivity index (χ2n) is 2.95. The maximum absolute atomic E-state index is 11.2. The van der Waals surface area contributed by atoms with E-state index in [1.807, 2.05) is 0 Å². The standard InChI is InChI=1S/C10H12N2O4/c1-3-16-10(15)9(14)6-8(13)7-4-5-11-12(7)2/h4-6,13H,3H2,1-2H3. The number of ketones is 1. The first-order valence-corrected chi connectivity index (χ1v) is 4.66. The molecule has 0 aromatic carbocycles. The van der Waals surface area contributed by atoms with Crippen molar-refractivity contribution >= 4 is 17.5 Å². The van der Waals surface area contributed by atoms with E-state index in [4.69, 9.17) is 0 Å². The summed E-state index contributed by atoms with van der Waals surface area (Å²) >= 11 is 0. The number of nitrogens with zero attached hydrogens (tertiary/aromatic N) is 2. The molecule has 0 unspecified atom stereocenters. The van der Waals surface area contributed by atoms with Gasteiger partial charge in [-0.2, -0.15) is 5.10 Å². The van der Waals surface area contributed by atoms with Crippen molar-refractivity contribution in [2.75, 3.05) is 6.61 Å². The molecule has 0 amide bonds. The molecule has 1 aromatic rings. The molecule has 0 saturated heterocycles. The molecule has 1 heterocycles. The van der Waals surface area contributed by atoms with E-state index in [9.17, 15) is 14.7 Å². The largest absolute Gasteiger partial charge is 0.506 e. The molecular formula is C10H12N2O4. The van der Waals surface area contributed by atoms with E-state index in [0.717, 1.165) is 6.08 Å². The van der Waals surface area contributed by atoms with Gasteiger partial charge in [0.15, 0.2) is 0 Å². The number of carbonyl (C=O) groups excluding carboxylic acids is 2. The zero-order valence-electron chi connectivity index (χ0n) is 9.01. The Morgan fingerprint density at radius 2 is 2.31 bits per heavy atom. The minimum atomic E-state index is -0.990. The van der Waals surface area contributed by atoms with Gasteiger partial charge in [0.25, 0.3) is 5.78 Å². The third kappa shape index (κ3) is 2.69. The maximum atomic E-state index is 11.2. The summed E-state index contributed by atoms with van der Waals surface area (Å²) in [4.78, 5) is 22.2. The molecule has 16 heavy (non-hydrogen) atoms. The fourth-order valence-corrected chi connectivity index (χ4v) is 1.08. The van der Waals surface area contributed by atoms with Crippen LogP contribution in [0.1, 0.15) is 12.6 Å². The topological polar surface area (TPSA) is 81.4 Å². The van der Waals surface area contributed by atoms with Gasteiger partial charge in [-0.25, -0.2) is 4.79 Å². The number of ether oxygens (including phenoxy) is 1. The van der Waals surface area contributed by atoms with Crippen molar-refractivity contribution in [3.8, 4) is 0 Å². The van der Waals surface area contributed by atoms with Crippen LogP contribution in [-0.2, 0) is 21.4 Å². The molecule has 0 spiro atoms. The lowest BCUT2D eigenvalue weighted by Gasteiger charge is -2.00. The molecule has 6 nitrogen and oxygen atoms in total. The number of carbonyl (C=O) groups is 2. The van der Waals surface area contributed by atoms with E-state index < -0.39 is 11.8 Å². The predicted octanol–water partition coefficient (Wildman–Crippen LogP) is 0.451. The van der Waals surface area contributed by atoms with Gasteiger partial charge in [0.2, 0.25) is 0 Å². The first kappa shape index (κ1) is 12.0. The molecule has 86 valence electrons. The third-order valence-corrected chi connectivity index (χ3v) is 1.83. The smallest absolute Gasteiger partial charge is 0.379 e. The van der Waals surface area contributed by atoms with Crippen LogP contribution in [0.2, 0.25) is 0 Å². The van der Waals surface area contributed by atoms with Crippen LogP contribution in [0.25, 0.3) is 5.76 Å². The van der Waals surface area contributed by atoms with Crippen molar-refractivity contribution in [2.24, 2.45) is 7.05 Å². The van der Waals surface area contributed by atoms with Crippen molar-refractivity contribution in [3.05, 3.63) is 24.0 Å². The first-order chi connectivity index (χ1) is 7.56. The predicted molar refractivity (Wildman–Crippen MR) is 55.5 cm³/mol. The minimum absolute atomic E-state index is 0.116. The average Bonchev–Trinajstić information content (AvgIpc) is 2.64. The lowest BCUT2D eigenvalue weighted by atomic mass is 10.2. The lowest BCUT2D eigenvalue weighted by Crippen LogP contribution is -2.15. The zero-order chi connectivity index (χ0) is 12.1. The number of hydrogen-bond acceptors (Lipinski definition) is 5. The summed E-state index contributed by atoms with van der Waals surface area (Å²) in [5.74, 6) is -2.21. The van der Waals surface area contributed by atoms with Gasteiger partial charge in [-0.3, -0.25) is 9.48 Å². The number of aryl methyl sites for hydroxylation is 1. The highest BCUT2D eigenvalue weighted by Gasteiger charge is 2.14. The van der Waals surface area contributed by atoms with Crippen LogP contribution in [0.5, 0.6) is 0 Å². The third-order valence-electron chi connectivity index (χ3n) is 1.83. The molecule has 1 rings (SSSR count). The minimum Gasteiger partial charge on any atom is -0.506 e. The highest BCUT2D eigenvalue weighted by molar-refractivity contribution is 6.39. The number of aromatic nitrogens is 2. The van der Waals surface area contributed by atoms with E-state index >= 15 is 0 Å². The van der Waals surface area contributed by atoms with Crippen LogP contribution in [0.15, 0.2) is 18.3 Å². The summed E-state index contributed by atoms with van der Waals surface area (Å²) in [7, 11) is 1.61. The molecule has 0 saturated carbocycles. The van der Waals surface area contributed by atoms with E-state index in [2.05, 4.69) is 9.84 Å². The lowest BCUT2D eigenvalue weighted by molar-refractivity contribution is -0.151. The molecule has 6 heteroatoms. The summed E-state index contributed by atoms with van der Waals surface area (Å²) in [5.41, 5.74) is 0.345. The van der Waals surface area contributed by atoms with Crippen molar-refractivity contribution in [2.45, 2.75) is 6.92 Å². The molecule has 0 aliphatic rings. The number of aliphatic hydroxyl groups excluding tert-OH is 1. The molecule has 0 fully saturated rings. The van der Waals surface area contributed by atoms with Crippen LogP contribution in [0.3, 0.4) is 0 Å². The summed E-state index contributed by atoms with van der Waals surface area (Å²) in [6, 6.07) is 1.52. The molecule has 0 radical (unpaired) electrons. The highest BCUT2D eigenvalue weighted by Crippen LogP contribution is 2.09. The second kappa shape index (κ2) is 5.11.